The molecule has 86 valence electrons. The maximum Gasteiger partial charge on any atom is 0.185 e. The van der Waals surface area contributed by atoms with Gasteiger partial charge in [0.2, 0.25) is 0 Å². The Bertz CT molecular complexity index is 578. The number of benzene rings is 1. The number of halogens is 1. The summed E-state index contributed by atoms with van der Waals surface area (Å²) < 4.78 is 14.4. The Balaban J connectivity index is 2.31. The van der Waals surface area contributed by atoms with Gasteiger partial charge in [0, 0.05) is 0 Å². The second-order valence-corrected chi connectivity index (χ2v) is 3.74. The molecule has 0 fully saturated rings. The summed E-state index contributed by atoms with van der Waals surface area (Å²) in [5.41, 5.74) is 8.00. The molecule has 0 amide bonds. The number of aromatic nitrogens is 2. The molecule has 0 aliphatic carbocycles. The van der Waals surface area contributed by atoms with Gasteiger partial charge < -0.3 is 5.73 Å². The SMILES string of the molecule is Cc1c(N)c(C#N)nn1Cc1ccc(F)cc1. The van der Waals surface area contributed by atoms with E-state index in [0.29, 0.717) is 12.2 Å². The minimum absolute atomic E-state index is 0.226. The molecule has 0 saturated heterocycles. The molecular weight excluding hydrogens is 219 g/mol. The van der Waals surface area contributed by atoms with Gasteiger partial charge in [-0.1, -0.05) is 12.1 Å². The third-order valence-electron chi connectivity index (χ3n) is 2.60. The molecule has 0 spiro atoms. The van der Waals surface area contributed by atoms with E-state index in [9.17, 15) is 4.39 Å². The van der Waals surface area contributed by atoms with Crippen LogP contribution < -0.4 is 5.73 Å². The topological polar surface area (TPSA) is 67.6 Å². The Morgan fingerprint density at radius 2 is 2.06 bits per heavy atom. The molecule has 1 aromatic carbocycles. The van der Waals surface area contributed by atoms with Crippen LogP contribution in [0.4, 0.5) is 10.1 Å². The number of hydrogen-bond donors (Lipinski definition) is 1. The summed E-state index contributed by atoms with van der Waals surface area (Å²) in [4.78, 5) is 0. The smallest absolute Gasteiger partial charge is 0.185 e. The van der Waals surface area contributed by atoms with Crippen LogP contribution in [0, 0.1) is 24.1 Å². The zero-order valence-corrected chi connectivity index (χ0v) is 9.31. The number of nitrogens with zero attached hydrogens (tertiary/aromatic N) is 3. The lowest BCUT2D eigenvalue weighted by molar-refractivity contribution is 0.623. The van der Waals surface area contributed by atoms with Gasteiger partial charge in [-0.15, -0.1) is 0 Å². The molecule has 2 N–H and O–H groups in total. The van der Waals surface area contributed by atoms with E-state index < -0.39 is 0 Å². The predicted molar refractivity (Wildman–Crippen MR) is 61.6 cm³/mol. The van der Waals surface area contributed by atoms with Crippen molar-refractivity contribution in [2.45, 2.75) is 13.5 Å². The lowest BCUT2D eigenvalue weighted by Gasteiger charge is -2.04. The fourth-order valence-corrected chi connectivity index (χ4v) is 1.56. The maximum absolute atomic E-state index is 12.7. The van der Waals surface area contributed by atoms with E-state index in [1.807, 2.05) is 6.07 Å². The maximum atomic E-state index is 12.7. The van der Waals surface area contributed by atoms with E-state index in [1.54, 1.807) is 23.7 Å². The van der Waals surface area contributed by atoms with Gasteiger partial charge in [0.05, 0.1) is 17.9 Å². The van der Waals surface area contributed by atoms with Crippen LogP contribution in [0.5, 0.6) is 0 Å². The number of rotatable bonds is 2. The van der Waals surface area contributed by atoms with Gasteiger partial charge in [-0.2, -0.15) is 10.4 Å². The standard InChI is InChI=1S/C12H11FN4/c1-8-12(15)11(6-14)16-17(8)7-9-2-4-10(13)5-3-9/h2-5H,7,15H2,1H3. The summed E-state index contributed by atoms with van der Waals surface area (Å²) in [5, 5.41) is 12.9. The molecular formula is C12H11FN4. The third-order valence-corrected chi connectivity index (χ3v) is 2.60. The fourth-order valence-electron chi connectivity index (χ4n) is 1.56. The Kier molecular flexibility index (Phi) is 2.79. The van der Waals surface area contributed by atoms with Crippen molar-refractivity contribution in [2.24, 2.45) is 0 Å². The summed E-state index contributed by atoms with van der Waals surface area (Å²) in [7, 11) is 0. The summed E-state index contributed by atoms with van der Waals surface area (Å²) in [6.45, 7) is 2.27. The van der Waals surface area contributed by atoms with Gasteiger partial charge in [0.1, 0.15) is 11.9 Å². The third kappa shape index (κ3) is 2.11. The van der Waals surface area contributed by atoms with Crippen LogP contribution in [0.15, 0.2) is 24.3 Å². The second kappa shape index (κ2) is 4.26. The summed E-state index contributed by atoms with van der Waals surface area (Å²) in [5.74, 6) is -0.275. The van der Waals surface area contributed by atoms with E-state index in [-0.39, 0.29) is 11.5 Å². The Morgan fingerprint density at radius 1 is 1.41 bits per heavy atom. The number of hydrogen-bond acceptors (Lipinski definition) is 3. The van der Waals surface area contributed by atoms with Crippen molar-refractivity contribution in [3.05, 3.63) is 47.0 Å². The zero-order chi connectivity index (χ0) is 12.4. The number of nitrogens with two attached hydrogens (primary N) is 1. The zero-order valence-electron chi connectivity index (χ0n) is 9.31. The summed E-state index contributed by atoms with van der Waals surface area (Å²) in [6.07, 6.45) is 0. The van der Waals surface area contributed by atoms with Crippen LogP contribution in [0.3, 0.4) is 0 Å². The van der Waals surface area contributed by atoms with Crippen LogP contribution in [0.1, 0.15) is 17.0 Å². The van der Waals surface area contributed by atoms with Crippen molar-refractivity contribution in [3.8, 4) is 6.07 Å². The highest BCUT2D eigenvalue weighted by Gasteiger charge is 2.11. The summed E-state index contributed by atoms with van der Waals surface area (Å²) >= 11 is 0. The molecule has 0 bridgehead atoms. The highest BCUT2D eigenvalue weighted by atomic mass is 19.1. The van der Waals surface area contributed by atoms with E-state index >= 15 is 0 Å². The molecule has 0 atom stereocenters. The molecule has 2 rings (SSSR count). The quantitative estimate of drug-likeness (QED) is 0.855. The molecule has 0 unspecified atom stereocenters. The van der Waals surface area contributed by atoms with E-state index in [0.717, 1.165) is 11.3 Å². The van der Waals surface area contributed by atoms with Gasteiger partial charge in [0.15, 0.2) is 5.69 Å². The first kappa shape index (κ1) is 11.1. The lowest BCUT2D eigenvalue weighted by Crippen LogP contribution is -2.04. The van der Waals surface area contributed by atoms with Crippen LogP contribution in [-0.4, -0.2) is 9.78 Å². The van der Waals surface area contributed by atoms with Crippen molar-refractivity contribution in [1.82, 2.24) is 9.78 Å². The van der Waals surface area contributed by atoms with Crippen LogP contribution in [0.2, 0.25) is 0 Å². The van der Waals surface area contributed by atoms with Crippen molar-refractivity contribution >= 4 is 5.69 Å². The van der Waals surface area contributed by atoms with E-state index in [4.69, 9.17) is 11.0 Å². The molecule has 0 radical (unpaired) electrons. The summed E-state index contributed by atoms with van der Waals surface area (Å²) in [6, 6.07) is 8.08. The van der Waals surface area contributed by atoms with Gasteiger partial charge in [-0.3, -0.25) is 4.68 Å². The average molecular weight is 230 g/mol. The molecule has 2 aromatic rings. The van der Waals surface area contributed by atoms with Crippen molar-refractivity contribution < 1.29 is 4.39 Å². The first-order valence-electron chi connectivity index (χ1n) is 5.09. The predicted octanol–water partition coefficient (Wildman–Crippen LogP) is 1.83. The molecule has 5 heteroatoms. The van der Waals surface area contributed by atoms with Crippen molar-refractivity contribution in [1.29, 1.82) is 5.26 Å². The Hall–Kier alpha value is -2.35. The Morgan fingerprint density at radius 3 is 2.59 bits per heavy atom. The minimum atomic E-state index is -0.275. The highest BCUT2D eigenvalue weighted by Crippen LogP contribution is 2.16. The fraction of sp³-hybridized carbons (Fsp3) is 0.167. The molecule has 4 nitrogen and oxygen atoms in total. The minimum Gasteiger partial charge on any atom is -0.395 e. The van der Waals surface area contributed by atoms with Gasteiger partial charge in [-0.05, 0) is 24.6 Å². The number of nitrogen functional groups attached to an aromatic ring is 1. The normalized spacial score (nSPS) is 10.2. The molecule has 1 aromatic heterocycles. The van der Waals surface area contributed by atoms with E-state index in [1.165, 1.54) is 12.1 Å². The van der Waals surface area contributed by atoms with Crippen LogP contribution >= 0.6 is 0 Å². The second-order valence-electron chi connectivity index (χ2n) is 3.74. The van der Waals surface area contributed by atoms with Gasteiger partial charge in [0.25, 0.3) is 0 Å². The first-order valence-corrected chi connectivity index (χ1v) is 5.09. The largest absolute Gasteiger partial charge is 0.395 e. The first-order chi connectivity index (χ1) is 8.11. The van der Waals surface area contributed by atoms with Crippen LogP contribution in [-0.2, 0) is 6.54 Å². The molecule has 0 aliphatic rings. The van der Waals surface area contributed by atoms with E-state index in [2.05, 4.69) is 5.10 Å². The molecule has 17 heavy (non-hydrogen) atoms. The highest BCUT2D eigenvalue weighted by molar-refractivity contribution is 5.53. The lowest BCUT2D eigenvalue weighted by atomic mass is 10.2. The number of anilines is 1. The Labute approximate surface area is 98.1 Å². The molecule has 0 aliphatic heterocycles. The molecule has 1 heterocycles. The van der Waals surface area contributed by atoms with Crippen molar-refractivity contribution in [3.63, 3.8) is 0 Å². The van der Waals surface area contributed by atoms with Crippen molar-refractivity contribution in [2.75, 3.05) is 5.73 Å². The molecule has 0 saturated carbocycles. The van der Waals surface area contributed by atoms with Crippen LogP contribution in [0.25, 0.3) is 0 Å². The van der Waals surface area contributed by atoms with Gasteiger partial charge >= 0.3 is 0 Å². The van der Waals surface area contributed by atoms with Gasteiger partial charge in [-0.25, -0.2) is 4.39 Å². The average Bonchev–Trinajstić information content (AvgIpc) is 2.60. The monoisotopic (exact) mass is 230 g/mol. The number of nitriles is 1.